The Balaban J connectivity index is 1.49. The van der Waals surface area contributed by atoms with Crippen LogP contribution in [0.5, 0.6) is 5.75 Å². The molecule has 0 bridgehead atoms. The van der Waals surface area contributed by atoms with Crippen LogP contribution >= 0.6 is 0 Å². The first kappa shape index (κ1) is 17.9. The molecule has 0 unspecified atom stereocenters. The van der Waals surface area contributed by atoms with Gasteiger partial charge < -0.3 is 15.4 Å². The summed E-state index contributed by atoms with van der Waals surface area (Å²) in [5.74, 6) is 0.552. The van der Waals surface area contributed by atoms with Crippen molar-refractivity contribution in [2.45, 2.75) is 31.7 Å². The molecule has 2 amide bonds. The monoisotopic (exact) mass is 353 g/mol. The molecule has 6 nitrogen and oxygen atoms in total. The first-order chi connectivity index (χ1) is 12.7. The van der Waals surface area contributed by atoms with Crippen molar-refractivity contribution in [3.05, 3.63) is 54.4 Å². The van der Waals surface area contributed by atoms with Gasteiger partial charge >= 0.3 is 0 Å². The van der Waals surface area contributed by atoms with Gasteiger partial charge in [0, 0.05) is 23.7 Å². The van der Waals surface area contributed by atoms with Crippen molar-refractivity contribution in [1.29, 1.82) is 0 Å². The van der Waals surface area contributed by atoms with E-state index in [0.717, 1.165) is 25.7 Å². The van der Waals surface area contributed by atoms with Gasteiger partial charge in [0.25, 0.3) is 5.91 Å². The van der Waals surface area contributed by atoms with Crippen molar-refractivity contribution in [3.63, 3.8) is 0 Å². The fourth-order valence-electron chi connectivity index (χ4n) is 3.21. The van der Waals surface area contributed by atoms with Crippen molar-refractivity contribution in [2.24, 2.45) is 5.92 Å². The van der Waals surface area contributed by atoms with Crippen LogP contribution in [-0.4, -0.2) is 29.9 Å². The summed E-state index contributed by atoms with van der Waals surface area (Å²) < 4.78 is 5.16. The molecule has 1 aromatic carbocycles. The van der Waals surface area contributed by atoms with E-state index in [4.69, 9.17) is 4.74 Å². The van der Waals surface area contributed by atoms with E-state index in [1.54, 1.807) is 43.8 Å². The van der Waals surface area contributed by atoms with Crippen molar-refractivity contribution < 1.29 is 14.3 Å². The van der Waals surface area contributed by atoms with E-state index in [2.05, 4.69) is 15.6 Å². The Labute approximate surface area is 153 Å². The van der Waals surface area contributed by atoms with Crippen molar-refractivity contribution >= 4 is 17.5 Å². The van der Waals surface area contributed by atoms with Crippen LogP contribution in [0, 0.1) is 5.92 Å². The van der Waals surface area contributed by atoms with Crippen LogP contribution in [0.3, 0.4) is 0 Å². The SMILES string of the molecule is COc1cccc(C(=O)NC2CCC(C(=O)Nc3cccnc3)CC2)c1. The lowest BCUT2D eigenvalue weighted by molar-refractivity contribution is -0.120. The maximum absolute atomic E-state index is 12.4. The summed E-state index contributed by atoms with van der Waals surface area (Å²) >= 11 is 0. The molecule has 0 spiro atoms. The summed E-state index contributed by atoms with van der Waals surface area (Å²) in [6.45, 7) is 0. The predicted molar refractivity (Wildman–Crippen MR) is 99.1 cm³/mol. The van der Waals surface area contributed by atoms with Gasteiger partial charge in [-0.1, -0.05) is 6.07 Å². The summed E-state index contributed by atoms with van der Waals surface area (Å²) in [6.07, 6.45) is 6.41. The molecule has 1 aliphatic rings. The molecule has 136 valence electrons. The van der Waals surface area contributed by atoms with Crippen LogP contribution < -0.4 is 15.4 Å². The second kappa shape index (κ2) is 8.47. The number of benzene rings is 1. The molecule has 0 atom stereocenters. The predicted octanol–water partition coefficient (Wildman–Crippen LogP) is 3.02. The van der Waals surface area contributed by atoms with E-state index in [9.17, 15) is 9.59 Å². The minimum absolute atomic E-state index is 0.0237. The average molecular weight is 353 g/mol. The quantitative estimate of drug-likeness (QED) is 0.866. The topological polar surface area (TPSA) is 80.3 Å². The third kappa shape index (κ3) is 4.59. The molecule has 0 aliphatic heterocycles. The molecule has 6 heteroatoms. The molecule has 26 heavy (non-hydrogen) atoms. The Hall–Kier alpha value is -2.89. The van der Waals surface area contributed by atoms with Crippen LogP contribution in [0.4, 0.5) is 5.69 Å². The molecule has 0 radical (unpaired) electrons. The fourth-order valence-corrected chi connectivity index (χ4v) is 3.21. The van der Waals surface area contributed by atoms with E-state index in [1.165, 1.54) is 0 Å². The summed E-state index contributed by atoms with van der Waals surface area (Å²) in [5, 5.41) is 5.96. The molecule has 1 fully saturated rings. The molecule has 1 aliphatic carbocycles. The second-order valence-electron chi connectivity index (χ2n) is 6.48. The number of carbonyl (C=O) groups excluding carboxylic acids is 2. The van der Waals surface area contributed by atoms with Crippen LogP contribution in [0.2, 0.25) is 0 Å². The van der Waals surface area contributed by atoms with Gasteiger partial charge in [-0.25, -0.2) is 0 Å². The second-order valence-corrected chi connectivity index (χ2v) is 6.48. The number of ether oxygens (including phenoxy) is 1. The lowest BCUT2D eigenvalue weighted by Crippen LogP contribution is -2.39. The molecule has 2 aromatic rings. The normalized spacial score (nSPS) is 19.4. The van der Waals surface area contributed by atoms with E-state index in [0.29, 0.717) is 17.0 Å². The lowest BCUT2D eigenvalue weighted by atomic mass is 9.85. The van der Waals surface area contributed by atoms with Crippen LogP contribution in [0.15, 0.2) is 48.8 Å². The number of hydrogen-bond acceptors (Lipinski definition) is 4. The lowest BCUT2D eigenvalue weighted by Gasteiger charge is -2.28. The van der Waals surface area contributed by atoms with Crippen molar-refractivity contribution in [3.8, 4) is 5.75 Å². The Bertz CT molecular complexity index is 756. The van der Waals surface area contributed by atoms with Gasteiger partial charge in [0.05, 0.1) is 19.0 Å². The number of anilines is 1. The molecule has 2 N–H and O–H groups in total. The minimum atomic E-state index is -0.104. The van der Waals surface area contributed by atoms with Crippen molar-refractivity contribution in [1.82, 2.24) is 10.3 Å². The zero-order valence-corrected chi connectivity index (χ0v) is 14.8. The Morgan fingerprint density at radius 3 is 2.62 bits per heavy atom. The van der Waals surface area contributed by atoms with Crippen LogP contribution in [0.25, 0.3) is 0 Å². The number of rotatable bonds is 5. The van der Waals surface area contributed by atoms with Crippen molar-refractivity contribution in [2.75, 3.05) is 12.4 Å². The Morgan fingerprint density at radius 1 is 1.12 bits per heavy atom. The molecule has 1 saturated carbocycles. The summed E-state index contributed by atoms with van der Waals surface area (Å²) in [4.78, 5) is 28.7. The fraction of sp³-hybridized carbons (Fsp3) is 0.350. The van der Waals surface area contributed by atoms with Gasteiger partial charge in [0.15, 0.2) is 0 Å². The maximum Gasteiger partial charge on any atom is 0.251 e. The van der Waals surface area contributed by atoms with Crippen LogP contribution in [0.1, 0.15) is 36.0 Å². The molecule has 1 heterocycles. The largest absolute Gasteiger partial charge is 0.497 e. The standard InChI is InChI=1S/C20H23N3O3/c1-26-18-6-2-4-15(12-18)20(25)22-16-9-7-14(8-10-16)19(24)23-17-5-3-11-21-13-17/h2-6,11-14,16H,7-10H2,1H3,(H,22,25)(H,23,24). The summed E-state index contributed by atoms with van der Waals surface area (Å²) in [7, 11) is 1.58. The minimum Gasteiger partial charge on any atom is -0.497 e. The number of pyridine rings is 1. The number of amides is 2. The third-order valence-electron chi connectivity index (χ3n) is 4.69. The third-order valence-corrected chi connectivity index (χ3v) is 4.69. The van der Waals surface area contributed by atoms with Crippen LogP contribution in [-0.2, 0) is 4.79 Å². The molecule has 3 rings (SSSR count). The smallest absolute Gasteiger partial charge is 0.251 e. The number of nitrogens with one attached hydrogen (secondary N) is 2. The number of methoxy groups -OCH3 is 1. The number of carbonyl (C=O) groups is 2. The highest BCUT2D eigenvalue weighted by molar-refractivity contribution is 5.95. The van der Waals surface area contributed by atoms with E-state index < -0.39 is 0 Å². The van der Waals surface area contributed by atoms with Gasteiger partial charge in [-0.3, -0.25) is 14.6 Å². The van der Waals surface area contributed by atoms with E-state index in [-0.39, 0.29) is 23.8 Å². The van der Waals surface area contributed by atoms with Gasteiger partial charge in [0.2, 0.25) is 5.91 Å². The van der Waals surface area contributed by atoms with Gasteiger partial charge in [-0.15, -0.1) is 0 Å². The molecular formula is C20H23N3O3. The van der Waals surface area contributed by atoms with Gasteiger partial charge in [-0.2, -0.15) is 0 Å². The zero-order chi connectivity index (χ0) is 18.4. The van der Waals surface area contributed by atoms with Gasteiger partial charge in [-0.05, 0) is 56.0 Å². The average Bonchev–Trinajstić information content (AvgIpc) is 2.69. The highest BCUT2D eigenvalue weighted by atomic mass is 16.5. The molecular weight excluding hydrogens is 330 g/mol. The first-order valence-corrected chi connectivity index (χ1v) is 8.81. The Morgan fingerprint density at radius 2 is 1.92 bits per heavy atom. The Kier molecular flexibility index (Phi) is 5.84. The van der Waals surface area contributed by atoms with E-state index >= 15 is 0 Å². The van der Waals surface area contributed by atoms with E-state index in [1.807, 2.05) is 12.1 Å². The molecule has 1 aromatic heterocycles. The number of hydrogen-bond donors (Lipinski definition) is 2. The van der Waals surface area contributed by atoms with Gasteiger partial charge in [0.1, 0.15) is 5.75 Å². The first-order valence-electron chi connectivity index (χ1n) is 8.81. The summed E-state index contributed by atoms with van der Waals surface area (Å²) in [6, 6.07) is 10.8. The number of aromatic nitrogens is 1. The highest BCUT2D eigenvalue weighted by Gasteiger charge is 2.27. The highest BCUT2D eigenvalue weighted by Crippen LogP contribution is 2.26. The maximum atomic E-state index is 12.4. The summed E-state index contributed by atoms with van der Waals surface area (Å²) in [5.41, 5.74) is 1.30. The molecule has 0 saturated heterocycles. The zero-order valence-electron chi connectivity index (χ0n) is 14.8. The number of nitrogens with zero attached hydrogens (tertiary/aromatic N) is 1.